The van der Waals surface area contributed by atoms with E-state index >= 15 is 0 Å². The molecule has 0 atom stereocenters. The van der Waals surface area contributed by atoms with E-state index in [1.165, 1.54) is 29.7 Å². The summed E-state index contributed by atoms with van der Waals surface area (Å²) < 4.78 is 2.76. The molecule has 0 aliphatic heterocycles. The summed E-state index contributed by atoms with van der Waals surface area (Å²) in [5, 5.41) is 18.9. The van der Waals surface area contributed by atoms with Crippen molar-refractivity contribution < 1.29 is 9.90 Å². The number of rotatable bonds is 4. The van der Waals surface area contributed by atoms with Gasteiger partial charge in [0.1, 0.15) is 10.4 Å². The van der Waals surface area contributed by atoms with Crippen molar-refractivity contribution in [2.75, 3.05) is 0 Å². The van der Waals surface area contributed by atoms with Gasteiger partial charge in [0.05, 0.1) is 17.2 Å². The lowest BCUT2D eigenvalue weighted by Gasteiger charge is -2.19. The molecule has 0 aliphatic rings. The Kier molecular flexibility index (Phi) is 5.81. The Bertz CT molecular complexity index is 879. The van der Waals surface area contributed by atoms with Crippen LogP contribution in [0.2, 0.25) is 0 Å². The maximum absolute atomic E-state index is 12.5. The Morgan fingerprint density at radius 2 is 2.12 bits per heavy atom. The summed E-state index contributed by atoms with van der Waals surface area (Å²) >= 11 is 1.44. The van der Waals surface area contributed by atoms with Gasteiger partial charge in [-0.2, -0.15) is 10.3 Å². The number of nitriles is 1. The largest absolute Gasteiger partial charge is 0.507 e. The van der Waals surface area contributed by atoms with E-state index in [9.17, 15) is 9.90 Å². The van der Waals surface area contributed by atoms with E-state index in [1.54, 1.807) is 0 Å². The maximum Gasteiger partial charge on any atom is 0.282 e. The van der Waals surface area contributed by atoms with Crippen molar-refractivity contribution in [3.05, 3.63) is 45.8 Å². The molecule has 1 N–H and O–H groups in total. The highest BCUT2D eigenvalue weighted by molar-refractivity contribution is 7.04. The van der Waals surface area contributed by atoms with Crippen LogP contribution >= 0.6 is 11.5 Å². The van der Waals surface area contributed by atoms with Gasteiger partial charge in [-0.1, -0.05) is 13.3 Å². The number of amides is 1. The zero-order valence-electron chi connectivity index (χ0n) is 15.0. The number of carbonyl (C=O) groups excluding carboxylic acids is 1. The Morgan fingerprint density at radius 1 is 1.40 bits per heavy atom. The van der Waals surface area contributed by atoms with Crippen LogP contribution in [0, 0.1) is 11.3 Å². The Labute approximate surface area is 152 Å². The molecule has 2 aromatic rings. The number of hydrogen-bond acceptors (Lipinski definition) is 4. The molecule has 1 amide bonds. The summed E-state index contributed by atoms with van der Waals surface area (Å²) in [5.41, 5.74) is 1.31. The van der Waals surface area contributed by atoms with Crippen molar-refractivity contribution >= 4 is 17.4 Å². The molecule has 0 unspecified atom stereocenters. The monoisotopic (exact) mass is 357 g/mol. The van der Waals surface area contributed by atoms with Gasteiger partial charge in [-0.15, -0.1) is 0 Å². The number of phenols is 1. The minimum Gasteiger partial charge on any atom is -0.507 e. The average molecular weight is 357 g/mol. The molecule has 0 saturated heterocycles. The summed E-state index contributed by atoms with van der Waals surface area (Å²) in [5.74, 6) is -0.696. The van der Waals surface area contributed by atoms with Crippen molar-refractivity contribution in [1.29, 1.82) is 5.26 Å². The van der Waals surface area contributed by atoms with E-state index in [4.69, 9.17) is 5.26 Å². The van der Waals surface area contributed by atoms with Crippen molar-refractivity contribution in [2.45, 2.75) is 52.5 Å². The summed E-state index contributed by atoms with van der Waals surface area (Å²) in [7, 11) is 0. The second-order valence-corrected chi connectivity index (χ2v) is 7.87. The van der Waals surface area contributed by atoms with Gasteiger partial charge in [-0.3, -0.25) is 8.75 Å². The first-order valence-electron chi connectivity index (χ1n) is 8.30. The molecule has 1 aromatic carbocycles. The highest BCUT2D eigenvalue weighted by atomic mass is 32.1. The van der Waals surface area contributed by atoms with E-state index in [2.05, 4.69) is 42.8 Å². The third kappa shape index (κ3) is 4.58. The number of unbranched alkanes of at least 4 members (excludes halogenated alkanes) is 1. The van der Waals surface area contributed by atoms with Crippen LogP contribution in [-0.4, -0.2) is 15.0 Å². The van der Waals surface area contributed by atoms with Gasteiger partial charge < -0.3 is 5.11 Å². The quantitative estimate of drug-likeness (QED) is 0.899. The molecule has 1 aromatic heterocycles. The Balaban J connectivity index is 2.50. The first-order chi connectivity index (χ1) is 11.8. The summed E-state index contributed by atoms with van der Waals surface area (Å²) in [6, 6.07) is 6.16. The molecule has 0 radical (unpaired) electrons. The first kappa shape index (κ1) is 18.9. The van der Waals surface area contributed by atoms with Crippen molar-refractivity contribution in [2.24, 2.45) is 4.99 Å². The number of aromatic nitrogens is 1. The number of benzene rings is 1. The topological polar surface area (TPSA) is 78.4 Å². The Hall–Kier alpha value is -2.39. The van der Waals surface area contributed by atoms with Crippen molar-refractivity contribution in [3.63, 3.8) is 0 Å². The van der Waals surface area contributed by atoms with Gasteiger partial charge in [0.25, 0.3) is 5.91 Å². The molecule has 0 bridgehead atoms. The number of aromatic hydroxyl groups is 1. The normalized spacial score (nSPS) is 12.2. The average Bonchev–Trinajstić information content (AvgIpc) is 2.96. The summed E-state index contributed by atoms with van der Waals surface area (Å²) in [4.78, 5) is 16.8. The zero-order valence-corrected chi connectivity index (χ0v) is 15.9. The van der Waals surface area contributed by atoms with Crippen LogP contribution < -0.4 is 4.67 Å². The molecule has 1 heterocycles. The minimum atomic E-state index is -0.532. The fraction of sp³-hybridized carbons (Fsp3) is 0.421. The van der Waals surface area contributed by atoms with Gasteiger partial charge >= 0.3 is 0 Å². The van der Waals surface area contributed by atoms with E-state index in [0.29, 0.717) is 10.2 Å². The lowest BCUT2D eigenvalue weighted by molar-refractivity contribution is 0.0996. The fourth-order valence-electron chi connectivity index (χ4n) is 2.27. The molecule has 2 rings (SSSR count). The first-order valence-corrected chi connectivity index (χ1v) is 9.08. The van der Waals surface area contributed by atoms with Crippen LogP contribution in [0.3, 0.4) is 0 Å². The third-order valence-corrected chi connectivity index (χ3v) is 5.13. The maximum atomic E-state index is 12.5. The molecule has 0 aliphatic carbocycles. The van der Waals surface area contributed by atoms with Gasteiger partial charge in [-0.05, 0) is 63.3 Å². The van der Waals surface area contributed by atoms with E-state index in [1.807, 2.05) is 6.07 Å². The number of phenolic OH excluding ortho intramolecular Hbond substituents is 1. The Morgan fingerprint density at radius 3 is 2.72 bits per heavy atom. The predicted octanol–water partition coefficient (Wildman–Crippen LogP) is 3.97. The van der Waals surface area contributed by atoms with Gasteiger partial charge in [0, 0.05) is 17.3 Å². The molecule has 6 heteroatoms. The number of carbonyl (C=O) groups is 1. The molecule has 132 valence electrons. The SMILES string of the molecule is CCCCc1cn(C(C)(C)C)s/c1=N\C(=O)c1cc(C#N)ccc1O. The van der Waals surface area contributed by atoms with Crippen molar-refractivity contribution in [1.82, 2.24) is 3.96 Å². The molecule has 0 saturated carbocycles. The van der Waals surface area contributed by atoms with Crippen LogP contribution in [0.5, 0.6) is 5.75 Å². The highest BCUT2D eigenvalue weighted by Crippen LogP contribution is 2.20. The van der Waals surface area contributed by atoms with E-state index in [-0.39, 0.29) is 16.9 Å². The van der Waals surface area contributed by atoms with Crippen molar-refractivity contribution in [3.8, 4) is 11.8 Å². The van der Waals surface area contributed by atoms with Crippen LogP contribution in [0.4, 0.5) is 0 Å². The van der Waals surface area contributed by atoms with E-state index < -0.39 is 5.91 Å². The molecule has 0 fully saturated rings. The van der Waals surface area contributed by atoms with Gasteiger partial charge in [0.2, 0.25) is 0 Å². The number of hydrogen-bond donors (Lipinski definition) is 1. The second-order valence-electron chi connectivity index (χ2n) is 6.91. The molecule has 5 nitrogen and oxygen atoms in total. The minimum absolute atomic E-state index is 0.0520. The smallest absolute Gasteiger partial charge is 0.282 e. The third-order valence-electron chi connectivity index (χ3n) is 3.75. The van der Waals surface area contributed by atoms with Gasteiger partial charge in [0.15, 0.2) is 0 Å². The highest BCUT2D eigenvalue weighted by Gasteiger charge is 2.17. The lowest BCUT2D eigenvalue weighted by Crippen LogP contribution is -2.18. The fourth-order valence-corrected chi connectivity index (χ4v) is 3.30. The molecular weight excluding hydrogens is 334 g/mol. The van der Waals surface area contributed by atoms with Crippen LogP contribution in [-0.2, 0) is 12.0 Å². The standard InChI is InChI=1S/C19H23N3O2S/c1-5-6-7-14-12-22(19(2,3)4)25-18(14)21-17(24)15-10-13(11-20)8-9-16(15)23/h8-10,12,23H,5-7H2,1-4H3/b21-18-. The second kappa shape index (κ2) is 7.66. The van der Waals surface area contributed by atoms with E-state index in [0.717, 1.165) is 24.8 Å². The summed E-state index contributed by atoms with van der Waals surface area (Å²) in [6.45, 7) is 8.42. The zero-order chi connectivity index (χ0) is 18.6. The number of aryl methyl sites for hydroxylation is 1. The molecule has 0 spiro atoms. The number of nitrogens with zero attached hydrogens (tertiary/aromatic N) is 3. The molecule has 25 heavy (non-hydrogen) atoms. The molecular formula is C19H23N3O2S. The van der Waals surface area contributed by atoms with Crippen LogP contribution in [0.25, 0.3) is 0 Å². The lowest BCUT2D eigenvalue weighted by atomic mass is 10.1. The summed E-state index contributed by atoms with van der Waals surface area (Å²) in [6.07, 6.45) is 4.99. The predicted molar refractivity (Wildman–Crippen MR) is 98.6 cm³/mol. The van der Waals surface area contributed by atoms with Gasteiger partial charge in [-0.25, -0.2) is 0 Å². The van der Waals surface area contributed by atoms with Crippen LogP contribution in [0.1, 0.15) is 62.0 Å². The van der Waals surface area contributed by atoms with Crippen LogP contribution in [0.15, 0.2) is 29.4 Å².